The summed E-state index contributed by atoms with van der Waals surface area (Å²) in [5.74, 6) is -2.63. The molecule has 0 aliphatic carbocycles. The minimum absolute atomic E-state index is 0.00507. The zero-order chi connectivity index (χ0) is 28.8. The van der Waals surface area contributed by atoms with Crippen molar-refractivity contribution >= 4 is 28.7 Å². The molecule has 1 aliphatic rings. The second-order valence-corrected chi connectivity index (χ2v) is 11.4. The van der Waals surface area contributed by atoms with Gasteiger partial charge < -0.3 is 19.1 Å². The third-order valence-electron chi connectivity index (χ3n) is 6.63. The number of rotatable bonds is 6. The predicted octanol–water partition coefficient (Wildman–Crippen LogP) is 5.61. The molecule has 1 saturated heterocycles. The van der Waals surface area contributed by atoms with Gasteiger partial charge in [0.05, 0.1) is 17.2 Å². The lowest BCUT2D eigenvalue weighted by Crippen LogP contribution is -2.54. The van der Waals surface area contributed by atoms with E-state index >= 15 is 4.39 Å². The summed E-state index contributed by atoms with van der Waals surface area (Å²) in [7, 11) is 0. The van der Waals surface area contributed by atoms with Gasteiger partial charge in [0.15, 0.2) is 5.78 Å². The van der Waals surface area contributed by atoms with Gasteiger partial charge in [-0.25, -0.2) is 14.2 Å². The number of ketones is 1. The van der Waals surface area contributed by atoms with Crippen LogP contribution in [0.2, 0.25) is 0 Å². The number of pyridine rings is 1. The molecule has 0 bridgehead atoms. The Hall–Kier alpha value is -3.82. The zero-order valence-corrected chi connectivity index (χ0v) is 23.3. The van der Waals surface area contributed by atoms with E-state index in [-0.39, 0.29) is 53.3 Å². The molecule has 8 nitrogen and oxygen atoms in total. The number of nitrogens with zero attached hydrogens (tertiary/aromatic N) is 4. The molecular formula is C29H34F2N4O4. The summed E-state index contributed by atoms with van der Waals surface area (Å²) in [4.78, 5) is 46.3. The van der Waals surface area contributed by atoms with Crippen molar-refractivity contribution in [1.29, 1.82) is 0 Å². The van der Waals surface area contributed by atoms with Crippen molar-refractivity contribution in [2.24, 2.45) is 5.92 Å². The van der Waals surface area contributed by atoms with Gasteiger partial charge in [-0.3, -0.25) is 9.59 Å². The van der Waals surface area contributed by atoms with E-state index in [1.807, 2.05) is 27.7 Å². The number of Topliss-reactive ketones (excluding diaryl/α,β-unsaturated/α-hetero) is 1. The number of carbonyl (C=O) groups excluding carboxylic acids is 3. The van der Waals surface area contributed by atoms with Gasteiger partial charge in [-0.1, -0.05) is 0 Å². The molecule has 2 amide bonds. The Labute approximate surface area is 226 Å². The van der Waals surface area contributed by atoms with Crippen LogP contribution in [-0.2, 0) is 4.74 Å². The van der Waals surface area contributed by atoms with Crippen LogP contribution in [0.4, 0.5) is 13.6 Å². The molecule has 1 fully saturated rings. The van der Waals surface area contributed by atoms with E-state index in [1.165, 1.54) is 40.1 Å². The first-order chi connectivity index (χ1) is 18.2. The van der Waals surface area contributed by atoms with Gasteiger partial charge >= 0.3 is 6.09 Å². The summed E-state index contributed by atoms with van der Waals surface area (Å²) in [6.45, 7) is 13.1. The van der Waals surface area contributed by atoms with Crippen LogP contribution in [-0.4, -0.2) is 67.9 Å². The standard InChI is InChI=1S/C29H34F2N4O4/c1-16(2)35(17(3)4)27(37)21-12-19(30)8-9-23(21)34-15-22(20-10-11-32-26(31)24(20)34)25(36)18-13-33(14-18)28(38)39-29(5,6)7/h8-12,15-18H,13-14H2,1-7H3. The van der Waals surface area contributed by atoms with E-state index in [2.05, 4.69) is 4.98 Å². The van der Waals surface area contributed by atoms with Gasteiger partial charge in [-0.2, -0.15) is 4.39 Å². The molecule has 0 radical (unpaired) electrons. The van der Waals surface area contributed by atoms with Crippen LogP contribution in [0.5, 0.6) is 0 Å². The zero-order valence-electron chi connectivity index (χ0n) is 23.3. The summed E-state index contributed by atoms with van der Waals surface area (Å²) in [5, 5.41) is 0.315. The highest BCUT2D eigenvalue weighted by Gasteiger charge is 2.39. The van der Waals surface area contributed by atoms with Crippen LogP contribution in [0, 0.1) is 17.7 Å². The molecule has 10 heteroatoms. The second kappa shape index (κ2) is 10.4. The Bertz CT molecular complexity index is 1430. The lowest BCUT2D eigenvalue weighted by atomic mass is 9.91. The number of aromatic nitrogens is 2. The van der Waals surface area contributed by atoms with Crippen molar-refractivity contribution in [2.75, 3.05) is 13.1 Å². The normalized spacial score (nSPS) is 14.2. The fourth-order valence-electron chi connectivity index (χ4n) is 4.96. The fraction of sp³-hybridized carbons (Fsp3) is 0.448. The highest BCUT2D eigenvalue weighted by atomic mass is 19.1. The van der Waals surface area contributed by atoms with E-state index < -0.39 is 35.3 Å². The van der Waals surface area contributed by atoms with Crippen LogP contribution in [0.1, 0.15) is 69.2 Å². The van der Waals surface area contributed by atoms with Crippen molar-refractivity contribution in [3.8, 4) is 5.69 Å². The van der Waals surface area contributed by atoms with Crippen LogP contribution >= 0.6 is 0 Å². The van der Waals surface area contributed by atoms with Crippen LogP contribution in [0.15, 0.2) is 36.7 Å². The van der Waals surface area contributed by atoms with Crippen molar-refractivity contribution in [2.45, 2.75) is 66.2 Å². The molecular weight excluding hydrogens is 506 g/mol. The van der Waals surface area contributed by atoms with E-state index in [4.69, 9.17) is 4.74 Å². The fourth-order valence-corrected chi connectivity index (χ4v) is 4.96. The Balaban J connectivity index is 1.75. The summed E-state index contributed by atoms with van der Waals surface area (Å²) < 4.78 is 36.4. The number of hydrogen-bond donors (Lipinski definition) is 0. The first kappa shape index (κ1) is 28.2. The minimum Gasteiger partial charge on any atom is -0.444 e. The number of ether oxygens (including phenoxy) is 1. The van der Waals surface area contributed by atoms with Gasteiger partial charge in [-0.15, -0.1) is 0 Å². The summed E-state index contributed by atoms with van der Waals surface area (Å²) in [6.07, 6.45) is 2.23. The maximum Gasteiger partial charge on any atom is 0.410 e. The van der Waals surface area contributed by atoms with E-state index in [1.54, 1.807) is 25.7 Å². The smallest absolute Gasteiger partial charge is 0.410 e. The molecule has 0 atom stereocenters. The molecule has 1 aromatic carbocycles. The number of benzene rings is 1. The number of hydrogen-bond acceptors (Lipinski definition) is 5. The number of amides is 2. The average Bonchev–Trinajstić information content (AvgIpc) is 3.17. The Morgan fingerprint density at radius 1 is 1.03 bits per heavy atom. The van der Waals surface area contributed by atoms with Crippen molar-refractivity contribution in [3.05, 3.63) is 59.6 Å². The van der Waals surface area contributed by atoms with Crippen molar-refractivity contribution in [3.63, 3.8) is 0 Å². The lowest BCUT2D eigenvalue weighted by Gasteiger charge is -2.38. The first-order valence-corrected chi connectivity index (χ1v) is 13.0. The summed E-state index contributed by atoms with van der Waals surface area (Å²) in [5.41, 5.74) is -0.156. The Morgan fingerprint density at radius 3 is 2.26 bits per heavy atom. The molecule has 3 aromatic rings. The molecule has 0 saturated carbocycles. The third kappa shape index (κ3) is 5.51. The van der Waals surface area contributed by atoms with Crippen molar-refractivity contribution < 1.29 is 27.9 Å². The highest BCUT2D eigenvalue weighted by molar-refractivity contribution is 6.10. The molecule has 1 aliphatic heterocycles. The van der Waals surface area contributed by atoms with E-state index in [9.17, 15) is 18.8 Å². The van der Waals surface area contributed by atoms with Crippen LogP contribution in [0.25, 0.3) is 16.6 Å². The molecule has 3 heterocycles. The SMILES string of the molecule is CC(C)N(C(=O)c1cc(F)ccc1-n1cc(C(=O)C2CN(C(=O)OC(C)(C)C)C2)c2ccnc(F)c21)C(C)C. The van der Waals surface area contributed by atoms with E-state index in [0.29, 0.717) is 5.39 Å². The van der Waals surface area contributed by atoms with Gasteiger partial charge in [0.1, 0.15) is 16.9 Å². The van der Waals surface area contributed by atoms with Crippen LogP contribution in [0.3, 0.4) is 0 Å². The van der Waals surface area contributed by atoms with Gasteiger partial charge in [0, 0.05) is 48.5 Å². The number of likely N-dealkylation sites (tertiary alicyclic amines) is 1. The number of halogens is 2. The van der Waals surface area contributed by atoms with Crippen molar-refractivity contribution in [1.82, 2.24) is 19.4 Å². The van der Waals surface area contributed by atoms with Gasteiger partial charge in [0.2, 0.25) is 5.95 Å². The molecule has 208 valence electrons. The monoisotopic (exact) mass is 540 g/mol. The van der Waals surface area contributed by atoms with Gasteiger partial charge in [-0.05, 0) is 72.7 Å². The second-order valence-electron chi connectivity index (χ2n) is 11.4. The summed E-state index contributed by atoms with van der Waals surface area (Å²) in [6, 6.07) is 4.91. The Kier molecular flexibility index (Phi) is 7.51. The molecule has 0 spiro atoms. The number of fused-ring (bicyclic) bond motifs is 1. The number of carbonyl (C=O) groups is 3. The minimum atomic E-state index is -0.831. The van der Waals surface area contributed by atoms with Crippen LogP contribution < -0.4 is 0 Å². The first-order valence-electron chi connectivity index (χ1n) is 13.0. The maximum atomic E-state index is 15.2. The van der Waals surface area contributed by atoms with Gasteiger partial charge in [0.25, 0.3) is 5.91 Å². The molecule has 39 heavy (non-hydrogen) atoms. The third-order valence-corrected chi connectivity index (χ3v) is 6.63. The topological polar surface area (TPSA) is 84.7 Å². The molecule has 0 unspecified atom stereocenters. The molecule has 2 aromatic heterocycles. The lowest BCUT2D eigenvalue weighted by molar-refractivity contribution is 0.00149. The highest BCUT2D eigenvalue weighted by Crippen LogP contribution is 2.32. The predicted molar refractivity (Wildman–Crippen MR) is 143 cm³/mol. The molecule has 4 rings (SSSR count). The summed E-state index contributed by atoms with van der Waals surface area (Å²) >= 11 is 0. The quantitative estimate of drug-likeness (QED) is 0.300. The Morgan fingerprint density at radius 2 is 1.67 bits per heavy atom. The largest absolute Gasteiger partial charge is 0.444 e. The van der Waals surface area contributed by atoms with E-state index in [0.717, 1.165) is 6.07 Å². The maximum absolute atomic E-state index is 15.2. The average molecular weight is 541 g/mol. The molecule has 0 N–H and O–H groups in total.